The number of nitrogens with zero attached hydrogens (tertiary/aromatic N) is 3. The van der Waals surface area contributed by atoms with Gasteiger partial charge >= 0.3 is 12.1 Å². The van der Waals surface area contributed by atoms with Gasteiger partial charge in [-0.05, 0) is 30.2 Å². The molecule has 172 valence electrons. The third kappa shape index (κ3) is 7.46. The van der Waals surface area contributed by atoms with Gasteiger partial charge in [-0.25, -0.2) is 9.59 Å². The summed E-state index contributed by atoms with van der Waals surface area (Å²) in [4.78, 5) is 50.9. The zero-order valence-electron chi connectivity index (χ0n) is 18.0. The number of ether oxygens (including phenoxy) is 1. The Balaban J connectivity index is 1.80. The van der Waals surface area contributed by atoms with E-state index in [1.807, 2.05) is 24.8 Å². The third-order valence-electron chi connectivity index (χ3n) is 4.66. The van der Waals surface area contributed by atoms with E-state index in [2.05, 4.69) is 10.6 Å². The fourth-order valence-corrected chi connectivity index (χ4v) is 2.91. The van der Waals surface area contributed by atoms with Crippen LogP contribution in [0.25, 0.3) is 0 Å². The lowest BCUT2D eigenvalue weighted by molar-refractivity contribution is -0.140. The maximum atomic E-state index is 12.4. The Labute approximate surface area is 185 Å². The largest absolute Gasteiger partial charge is 0.480 e. The van der Waals surface area contributed by atoms with E-state index in [1.54, 1.807) is 24.3 Å². The van der Waals surface area contributed by atoms with Crippen LogP contribution in [0.5, 0.6) is 0 Å². The third-order valence-corrected chi connectivity index (χ3v) is 4.66. The van der Waals surface area contributed by atoms with E-state index in [-0.39, 0.29) is 38.1 Å². The smallest absolute Gasteiger partial charge is 0.407 e. The number of hydrogen-bond donors (Lipinski definition) is 3. The van der Waals surface area contributed by atoms with E-state index >= 15 is 0 Å². The van der Waals surface area contributed by atoms with Crippen LogP contribution in [0.3, 0.4) is 0 Å². The standard InChI is InChI=1S/C21H27N5O6/c1-14(2)13-32-21(31)24-17(20(29)30)10-23-18(27)11-26-8-7-25(12-19(26)28)16-5-3-15(9-22)4-6-16/h3-6,14,17H,7-8,10-13H2,1-2H3,(H,23,27)(H,24,31)(H,29,30). The van der Waals surface area contributed by atoms with Crippen LogP contribution in [0.4, 0.5) is 10.5 Å². The van der Waals surface area contributed by atoms with Crippen molar-refractivity contribution in [3.05, 3.63) is 29.8 Å². The zero-order chi connectivity index (χ0) is 23.7. The molecule has 0 radical (unpaired) electrons. The summed E-state index contributed by atoms with van der Waals surface area (Å²) in [6, 6.07) is 7.55. The van der Waals surface area contributed by atoms with Crippen LogP contribution in [-0.4, -0.2) is 79.3 Å². The predicted molar refractivity (Wildman–Crippen MR) is 114 cm³/mol. The molecule has 0 aromatic heterocycles. The molecule has 1 unspecified atom stereocenters. The second-order valence-corrected chi connectivity index (χ2v) is 7.73. The van der Waals surface area contributed by atoms with Crippen molar-refractivity contribution >= 4 is 29.6 Å². The SMILES string of the molecule is CC(C)COC(=O)NC(CNC(=O)CN1CCN(c2ccc(C#N)cc2)CC1=O)C(=O)O. The molecule has 2 rings (SSSR count). The van der Waals surface area contributed by atoms with E-state index in [4.69, 9.17) is 10.00 Å². The van der Waals surface area contributed by atoms with Crippen molar-refractivity contribution in [1.82, 2.24) is 15.5 Å². The molecule has 1 fully saturated rings. The number of alkyl carbamates (subject to hydrolysis) is 1. The Hall–Kier alpha value is -3.81. The van der Waals surface area contributed by atoms with Crippen molar-refractivity contribution in [1.29, 1.82) is 5.26 Å². The quantitative estimate of drug-likeness (QED) is 0.486. The lowest BCUT2D eigenvalue weighted by Crippen LogP contribution is -2.54. The van der Waals surface area contributed by atoms with Crippen LogP contribution in [0.2, 0.25) is 0 Å². The summed E-state index contributed by atoms with van der Waals surface area (Å²) in [5, 5.41) is 22.7. The van der Waals surface area contributed by atoms with Gasteiger partial charge in [0.05, 0.1) is 31.3 Å². The lowest BCUT2D eigenvalue weighted by atomic mass is 10.2. The number of amides is 3. The van der Waals surface area contributed by atoms with Crippen molar-refractivity contribution in [3.63, 3.8) is 0 Å². The van der Waals surface area contributed by atoms with Crippen LogP contribution in [0.1, 0.15) is 19.4 Å². The number of benzene rings is 1. The zero-order valence-corrected chi connectivity index (χ0v) is 18.0. The van der Waals surface area contributed by atoms with Crippen molar-refractivity contribution in [2.24, 2.45) is 5.92 Å². The van der Waals surface area contributed by atoms with Gasteiger partial charge < -0.3 is 30.3 Å². The first-order valence-electron chi connectivity index (χ1n) is 10.1. The number of carbonyl (C=O) groups excluding carboxylic acids is 3. The summed E-state index contributed by atoms with van der Waals surface area (Å²) >= 11 is 0. The summed E-state index contributed by atoms with van der Waals surface area (Å²) < 4.78 is 4.89. The highest BCUT2D eigenvalue weighted by molar-refractivity contribution is 5.88. The van der Waals surface area contributed by atoms with E-state index in [1.165, 1.54) is 4.90 Å². The minimum Gasteiger partial charge on any atom is -0.480 e. The number of carboxylic acids is 1. The molecular formula is C21H27N5O6. The number of anilines is 1. The normalized spacial score (nSPS) is 14.5. The molecule has 1 atom stereocenters. The van der Waals surface area contributed by atoms with Gasteiger partial charge in [0, 0.05) is 25.3 Å². The van der Waals surface area contributed by atoms with Crippen molar-refractivity contribution in [2.45, 2.75) is 19.9 Å². The van der Waals surface area contributed by atoms with Crippen molar-refractivity contribution in [2.75, 3.05) is 44.2 Å². The monoisotopic (exact) mass is 445 g/mol. The Kier molecular flexibility index (Phi) is 8.83. The Morgan fingerprint density at radius 3 is 2.47 bits per heavy atom. The highest BCUT2D eigenvalue weighted by Crippen LogP contribution is 2.17. The molecule has 1 aliphatic rings. The topological polar surface area (TPSA) is 152 Å². The number of carbonyl (C=O) groups is 4. The highest BCUT2D eigenvalue weighted by atomic mass is 16.5. The molecule has 1 heterocycles. The van der Waals surface area contributed by atoms with Crippen molar-refractivity contribution in [3.8, 4) is 6.07 Å². The summed E-state index contributed by atoms with van der Waals surface area (Å²) in [6.45, 7) is 4.16. The molecule has 0 bridgehead atoms. The van der Waals surface area contributed by atoms with Gasteiger partial charge in [-0.1, -0.05) is 13.8 Å². The molecule has 32 heavy (non-hydrogen) atoms. The molecule has 3 amide bonds. The minimum atomic E-state index is -1.36. The summed E-state index contributed by atoms with van der Waals surface area (Å²) in [5.41, 5.74) is 1.33. The van der Waals surface area contributed by atoms with Crippen LogP contribution < -0.4 is 15.5 Å². The lowest BCUT2D eigenvalue weighted by Gasteiger charge is -2.35. The predicted octanol–water partition coefficient (Wildman–Crippen LogP) is 0.158. The molecule has 3 N–H and O–H groups in total. The molecule has 0 aliphatic carbocycles. The fourth-order valence-electron chi connectivity index (χ4n) is 2.91. The Morgan fingerprint density at radius 2 is 1.91 bits per heavy atom. The Morgan fingerprint density at radius 1 is 1.22 bits per heavy atom. The minimum absolute atomic E-state index is 0.0835. The molecule has 0 saturated carbocycles. The number of nitrogens with one attached hydrogen (secondary N) is 2. The molecule has 1 aromatic carbocycles. The van der Waals surface area contributed by atoms with E-state index < -0.39 is 24.0 Å². The van der Waals surface area contributed by atoms with Gasteiger partial charge in [0.2, 0.25) is 11.8 Å². The number of carboxylic acid groups (broad SMARTS) is 1. The average molecular weight is 445 g/mol. The summed E-state index contributed by atoms with van der Waals surface area (Å²) in [5.74, 6) is -2.01. The maximum Gasteiger partial charge on any atom is 0.407 e. The number of rotatable bonds is 9. The average Bonchev–Trinajstić information content (AvgIpc) is 2.76. The number of hydrogen-bond acceptors (Lipinski definition) is 7. The van der Waals surface area contributed by atoms with Gasteiger partial charge in [-0.2, -0.15) is 5.26 Å². The summed E-state index contributed by atoms with van der Waals surface area (Å²) in [7, 11) is 0. The first-order valence-corrected chi connectivity index (χ1v) is 10.1. The van der Waals surface area contributed by atoms with E-state index in [0.29, 0.717) is 18.7 Å². The van der Waals surface area contributed by atoms with Gasteiger partial charge in [0.25, 0.3) is 0 Å². The van der Waals surface area contributed by atoms with Gasteiger partial charge in [-0.15, -0.1) is 0 Å². The van der Waals surface area contributed by atoms with Crippen molar-refractivity contribution < 1.29 is 29.0 Å². The molecule has 1 aromatic rings. The molecular weight excluding hydrogens is 418 g/mol. The van der Waals surface area contributed by atoms with Crippen LogP contribution >= 0.6 is 0 Å². The van der Waals surface area contributed by atoms with Crippen LogP contribution in [0.15, 0.2) is 24.3 Å². The summed E-state index contributed by atoms with van der Waals surface area (Å²) in [6.07, 6.45) is -0.880. The first-order chi connectivity index (χ1) is 15.2. The number of nitriles is 1. The Bertz CT molecular complexity index is 880. The fraction of sp³-hybridized carbons (Fsp3) is 0.476. The second kappa shape index (κ2) is 11.5. The maximum absolute atomic E-state index is 12.4. The number of aliphatic carboxylic acids is 1. The van der Waals surface area contributed by atoms with Crippen LogP contribution in [-0.2, 0) is 19.1 Å². The molecule has 0 spiro atoms. The molecule has 1 aliphatic heterocycles. The van der Waals surface area contributed by atoms with E-state index in [0.717, 1.165) is 5.69 Å². The second-order valence-electron chi connectivity index (χ2n) is 7.73. The van der Waals surface area contributed by atoms with E-state index in [9.17, 15) is 24.3 Å². The van der Waals surface area contributed by atoms with Gasteiger partial charge in [-0.3, -0.25) is 9.59 Å². The van der Waals surface area contributed by atoms with Gasteiger partial charge in [0.15, 0.2) is 0 Å². The first kappa shape index (κ1) is 24.5. The molecule has 1 saturated heterocycles. The van der Waals surface area contributed by atoms with Crippen LogP contribution in [0, 0.1) is 17.2 Å². The molecule has 11 nitrogen and oxygen atoms in total. The highest BCUT2D eigenvalue weighted by Gasteiger charge is 2.27. The molecule has 11 heteroatoms. The van der Waals surface area contributed by atoms with Gasteiger partial charge in [0.1, 0.15) is 6.04 Å². The number of piperazine rings is 1.